The number of fused-ring (bicyclic) bond motifs is 1. The maximum Gasteiger partial charge on any atom is 0.344 e. The second-order valence-corrected chi connectivity index (χ2v) is 6.35. The number of carbonyl (C=O) groups excluding carboxylic acids is 3. The smallest absolute Gasteiger partial charge is 0.344 e. The number of rotatable bonds is 9. The maximum atomic E-state index is 12.2. The van der Waals surface area contributed by atoms with Gasteiger partial charge in [-0.25, -0.2) is 4.79 Å². The number of esters is 1. The lowest BCUT2D eigenvalue weighted by atomic mass is 10.2. The molecule has 0 radical (unpaired) electrons. The summed E-state index contributed by atoms with van der Waals surface area (Å²) in [5.74, 6) is 0.692. The fourth-order valence-corrected chi connectivity index (χ4v) is 2.68. The van der Waals surface area contributed by atoms with E-state index in [-0.39, 0.29) is 19.1 Å². The zero-order chi connectivity index (χ0) is 21.5. The van der Waals surface area contributed by atoms with E-state index < -0.39 is 24.6 Å². The lowest BCUT2D eigenvalue weighted by Gasteiger charge is -2.15. The molecule has 1 amide bonds. The summed E-state index contributed by atoms with van der Waals surface area (Å²) in [6, 6.07) is 9.87. The molecule has 1 N–H and O–H groups in total. The van der Waals surface area contributed by atoms with Crippen molar-refractivity contribution >= 4 is 18.2 Å². The minimum absolute atomic E-state index is 0.174. The molecular formula is C21H21NO8. The number of methoxy groups -OCH3 is 1. The molecule has 158 valence electrons. The molecular weight excluding hydrogens is 394 g/mol. The van der Waals surface area contributed by atoms with Gasteiger partial charge in [-0.1, -0.05) is 6.07 Å². The highest BCUT2D eigenvalue weighted by Crippen LogP contribution is 2.32. The van der Waals surface area contributed by atoms with Crippen molar-refractivity contribution in [1.29, 1.82) is 0 Å². The van der Waals surface area contributed by atoms with Gasteiger partial charge in [0.15, 0.2) is 35.7 Å². The van der Waals surface area contributed by atoms with Crippen LogP contribution in [0.5, 0.6) is 23.0 Å². The normalized spacial score (nSPS) is 12.6. The molecule has 30 heavy (non-hydrogen) atoms. The third-order valence-corrected chi connectivity index (χ3v) is 4.25. The quantitative estimate of drug-likeness (QED) is 0.488. The molecule has 1 aliphatic rings. The molecule has 2 aromatic rings. The van der Waals surface area contributed by atoms with Crippen molar-refractivity contribution in [2.24, 2.45) is 0 Å². The Labute approximate surface area is 172 Å². The summed E-state index contributed by atoms with van der Waals surface area (Å²) >= 11 is 0. The van der Waals surface area contributed by atoms with Gasteiger partial charge < -0.3 is 29.0 Å². The van der Waals surface area contributed by atoms with Gasteiger partial charge in [-0.2, -0.15) is 0 Å². The van der Waals surface area contributed by atoms with Crippen LogP contribution in [0.4, 0.5) is 0 Å². The van der Waals surface area contributed by atoms with Crippen LogP contribution >= 0.6 is 0 Å². The second-order valence-electron chi connectivity index (χ2n) is 6.35. The summed E-state index contributed by atoms with van der Waals surface area (Å²) < 4.78 is 26.1. The largest absolute Gasteiger partial charge is 0.493 e. The minimum atomic E-state index is -1.01. The molecule has 2 aromatic carbocycles. The molecule has 1 heterocycles. The second kappa shape index (κ2) is 9.64. The van der Waals surface area contributed by atoms with Crippen molar-refractivity contribution in [3.05, 3.63) is 47.5 Å². The van der Waals surface area contributed by atoms with Crippen molar-refractivity contribution in [3.63, 3.8) is 0 Å². The van der Waals surface area contributed by atoms with Crippen LogP contribution in [-0.2, 0) is 20.9 Å². The molecule has 3 rings (SSSR count). The van der Waals surface area contributed by atoms with Gasteiger partial charge in [-0.15, -0.1) is 0 Å². The van der Waals surface area contributed by atoms with E-state index in [2.05, 4.69) is 5.32 Å². The number of amides is 1. The third kappa shape index (κ3) is 5.19. The Morgan fingerprint density at radius 3 is 2.70 bits per heavy atom. The molecule has 0 unspecified atom stereocenters. The van der Waals surface area contributed by atoms with E-state index in [1.165, 1.54) is 32.2 Å². The molecule has 9 heteroatoms. The zero-order valence-electron chi connectivity index (χ0n) is 16.5. The number of nitrogens with one attached hydrogen (secondary N) is 1. The Kier molecular flexibility index (Phi) is 6.74. The summed E-state index contributed by atoms with van der Waals surface area (Å²) in [7, 11) is 1.42. The highest BCUT2D eigenvalue weighted by molar-refractivity contribution is 5.83. The Morgan fingerprint density at radius 1 is 1.13 bits per heavy atom. The van der Waals surface area contributed by atoms with Gasteiger partial charge in [0, 0.05) is 12.1 Å². The average molecular weight is 415 g/mol. The molecule has 0 bridgehead atoms. The van der Waals surface area contributed by atoms with E-state index in [1.54, 1.807) is 12.1 Å². The van der Waals surface area contributed by atoms with Gasteiger partial charge in [0.05, 0.1) is 7.11 Å². The molecule has 1 aliphatic heterocycles. The zero-order valence-corrected chi connectivity index (χ0v) is 16.5. The Bertz CT molecular complexity index is 943. The first kappa shape index (κ1) is 21.0. The number of hydrogen-bond acceptors (Lipinski definition) is 8. The van der Waals surface area contributed by atoms with Gasteiger partial charge in [0.25, 0.3) is 5.91 Å². The number of benzene rings is 2. The lowest BCUT2D eigenvalue weighted by Crippen LogP contribution is -2.36. The highest BCUT2D eigenvalue weighted by atomic mass is 16.7. The summed E-state index contributed by atoms with van der Waals surface area (Å²) in [6.07, 6.45) is -0.334. The van der Waals surface area contributed by atoms with Gasteiger partial charge in [0.2, 0.25) is 6.79 Å². The van der Waals surface area contributed by atoms with Gasteiger partial charge >= 0.3 is 5.97 Å². The van der Waals surface area contributed by atoms with Crippen LogP contribution in [0, 0.1) is 0 Å². The Balaban J connectivity index is 1.45. The van der Waals surface area contributed by atoms with Crippen LogP contribution in [0.15, 0.2) is 36.4 Å². The highest BCUT2D eigenvalue weighted by Gasteiger charge is 2.19. The van der Waals surface area contributed by atoms with Crippen molar-refractivity contribution in [1.82, 2.24) is 5.32 Å². The molecule has 0 saturated heterocycles. The van der Waals surface area contributed by atoms with Crippen molar-refractivity contribution < 1.29 is 38.1 Å². The third-order valence-electron chi connectivity index (χ3n) is 4.25. The fraction of sp³-hybridized carbons (Fsp3) is 0.286. The predicted molar refractivity (Wildman–Crippen MR) is 104 cm³/mol. The van der Waals surface area contributed by atoms with Crippen molar-refractivity contribution in [3.8, 4) is 23.0 Å². The minimum Gasteiger partial charge on any atom is -0.493 e. The molecule has 9 nitrogen and oxygen atoms in total. The first-order chi connectivity index (χ1) is 14.5. The molecule has 0 fully saturated rings. The van der Waals surface area contributed by atoms with Crippen LogP contribution in [0.25, 0.3) is 0 Å². The molecule has 0 spiro atoms. The Morgan fingerprint density at radius 2 is 1.93 bits per heavy atom. The van der Waals surface area contributed by atoms with Crippen LogP contribution in [-0.4, -0.2) is 44.8 Å². The molecule has 0 saturated carbocycles. The summed E-state index contributed by atoms with van der Waals surface area (Å²) in [4.78, 5) is 35.0. The Hall–Kier alpha value is -3.75. The average Bonchev–Trinajstić information content (AvgIpc) is 3.23. The predicted octanol–water partition coefficient (Wildman–Crippen LogP) is 1.86. The van der Waals surface area contributed by atoms with Crippen LogP contribution < -0.4 is 24.3 Å². The monoisotopic (exact) mass is 415 g/mol. The fourth-order valence-electron chi connectivity index (χ4n) is 2.68. The first-order valence-electron chi connectivity index (χ1n) is 9.12. The summed E-state index contributed by atoms with van der Waals surface area (Å²) in [6.45, 7) is 1.46. The maximum absolute atomic E-state index is 12.2. The molecule has 1 atom stereocenters. The van der Waals surface area contributed by atoms with Gasteiger partial charge in [0.1, 0.15) is 6.29 Å². The number of hydrogen-bond donors (Lipinski definition) is 1. The number of ether oxygens (including phenoxy) is 5. The van der Waals surface area contributed by atoms with E-state index in [0.717, 1.165) is 5.56 Å². The van der Waals surface area contributed by atoms with Crippen LogP contribution in [0.2, 0.25) is 0 Å². The molecule has 0 aromatic heterocycles. The first-order valence-corrected chi connectivity index (χ1v) is 9.12. The number of aldehydes is 1. The van der Waals surface area contributed by atoms with Gasteiger partial charge in [-0.3, -0.25) is 9.59 Å². The van der Waals surface area contributed by atoms with Crippen molar-refractivity contribution in [2.45, 2.75) is 19.6 Å². The van der Waals surface area contributed by atoms with E-state index >= 15 is 0 Å². The van der Waals surface area contributed by atoms with Crippen LogP contribution in [0.3, 0.4) is 0 Å². The summed E-state index contributed by atoms with van der Waals surface area (Å²) in [5.41, 5.74) is 1.23. The van der Waals surface area contributed by atoms with Crippen LogP contribution in [0.1, 0.15) is 22.8 Å². The van der Waals surface area contributed by atoms with Gasteiger partial charge in [-0.05, 0) is 42.8 Å². The number of carbonyl (C=O) groups is 3. The summed E-state index contributed by atoms with van der Waals surface area (Å²) in [5, 5.41) is 2.69. The standard InChI is InChI=1S/C21H21NO8/c1-13(21(25)22-9-14-3-5-17-19(7-14)29-12-28-17)30-20(24)11-27-16-6-4-15(10-23)8-18(16)26-2/h3-8,10,13H,9,11-12H2,1-2H3,(H,22,25)/t13-/m1/s1. The SMILES string of the molecule is COc1cc(C=O)ccc1OCC(=O)O[C@H](C)C(=O)NCc1ccc2c(c1)OCO2. The van der Waals surface area contributed by atoms with E-state index in [0.29, 0.717) is 29.1 Å². The molecule has 0 aliphatic carbocycles. The van der Waals surface area contributed by atoms with E-state index in [9.17, 15) is 14.4 Å². The topological polar surface area (TPSA) is 109 Å². The van der Waals surface area contributed by atoms with E-state index in [1.807, 2.05) is 6.07 Å². The van der Waals surface area contributed by atoms with Crippen molar-refractivity contribution in [2.75, 3.05) is 20.5 Å². The van der Waals surface area contributed by atoms with E-state index in [4.69, 9.17) is 23.7 Å². The lowest BCUT2D eigenvalue weighted by molar-refractivity contribution is -0.156.